The van der Waals surface area contributed by atoms with Crippen LogP contribution in [0.4, 0.5) is 0 Å². The molecular weight excluding hydrogens is 312 g/mol. The highest BCUT2D eigenvalue weighted by Crippen LogP contribution is 2.35. The van der Waals surface area contributed by atoms with Crippen molar-refractivity contribution in [2.75, 3.05) is 7.11 Å². The number of esters is 1. The van der Waals surface area contributed by atoms with Crippen molar-refractivity contribution in [1.29, 1.82) is 0 Å². The Morgan fingerprint density at radius 2 is 1.95 bits per heavy atom. The van der Waals surface area contributed by atoms with E-state index in [0.717, 1.165) is 4.47 Å². The lowest BCUT2D eigenvalue weighted by Crippen LogP contribution is -2.33. The van der Waals surface area contributed by atoms with E-state index in [4.69, 9.17) is 14.2 Å². The molecule has 0 spiro atoms. The van der Waals surface area contributed by atoms with E-state index in [1.165, 1.54) is 0 Å². The van der Waals surface area contributed by atoms with Crippen molar-refractivity contribution in [3.05, 3.63) is 22.7 Å². The number of para-hydroxylation sites is 1. The number of hydrogen-bond acceptors (Lipinski definition) is 4. The molecule has 0 N–H and O–H groups in total. The van der Waals surface area contributed by atoms with E-state index < -0.39 is 17.7 Å². The smallest absolute Gasteiger partial charge is 0.347 e. The van der Waals surface area contributed by atoms with Gasteiger partial charge in [0.25, 0.3) is 0 Å². The number of hydrogen-bond donors (Lipinski definition) is 0. The van der Waals surface area contributed by atoms with E-state index in [1.54, 1.807) is 20.1 Å². The van der Waals surface area contributed by atoms with Gasteiger partial charge in [-0.1, -0.05) is 6.07 Å². The number of methoxy groups -OCH3 is 1. The summed E-state index contributed by atoms with van der Waals surface area (Å²) >= 11 is 3.37. The summed E-state index contributed by atoms with van der Waals surface area (Å²) in [6.07, 6.45) is -0.716. The van der Waals surface area contributed by atoms with Gasteiger partial charge in [0.1, 0.15) is 5.60 Å². The third kappa shape index (κ3) is 4.74. The molecule has 0 heterocycles. The van der Waals surface area contributed by atoms with Gasteiger partial charge in [0.05, 0.1) is 11.6 Å². The molecule has 0 saturated carbocycles. The molecule has 1 unspecified atom stereocenters. The molecule has 1 atom stereocenters. The Balaban J connectivity index is 2.82. The summed E-state index contributed by atoms with van der Waals surface area (Å²) in [5, 5.41) is 0. The first-order valence-electron chi connectivity index (χ1n) is 5.96. The number of carbonyl (C=O) groups is 1. The lowest BCUT2D eigenvalue weighted by atomic mass is 10.2. The molecule has 1 aromatic rings. The zero-order chi connectivity index (χ0) is 14.6. The summed E-state index contributed by atoms with van der Waals surface area (Å²) < 4.78 is 16.8. The maximum atomic E-state index is 11.9. The third-order valence-electron chi connectivity index (χ3n) is 2.18. The topological polar surface area (TPSA) is 44.8 Å². The van der Waals surface area contributed by atoms with Crippen LogP contribution in [0.2, 0.25) is 0 Å². The van der Waals surface area contributed by atoms with Gasteiger partial charge in [-0.15, -0.1) is 0 Å². The molecule has 0 amide bonds. The highest BCUT2D eigenvalue weighted by atomic mass is 79.9. The molecular formula is C14H19BrO4. The minimum absolute atomic E-state index is 0.412. The SMILES string of the molecule is COc1cccc(Br)c1OC(C)C(=O)OC(C)(C)C. The molecule has 0 bridgehead atoms. The zero-order valence-electron chi connectivity index (χ0n) is 11.8. The maximum absolute atomic E-state index is 11.9. The number of carbonyl (C=O) groups excluding carboxylic acids is 1. The molecule has 0 aromatic heterocycles. The summed E-state index contributed by atoms with van der Waals surface area (Å²) in [7, 11) is 1.55. The van der Waals surface area contributed by atoms with Crippen molar-refractivity contribution < 1.29 is 19.0 Å². The van der Waals surface area contributed by atoms with Crippen molar-refractivity contribution in [3.8, 4) is 11.5 Å². The van der Waals surface area contributed by atoms with Gasteiger partial charge >= 0.3 is 5.97 Å². The van der Waals surface area contributed by atoms with Crippen LogP contribution in [-0.4, -0.2) is 24.8 Å². The first-order valence-corrected chi connectivity index (χ1v) is 6.76. The molecule has 0 fully saturated rings. The number of halogens is 1. The summed E-state index contributed by atoms with van der Waals surface area (Å²) in [6.45, 7) is 7.09. The summed E-state index contributed by atoms with van der Waals surface area (Å²) in [4.78, 5) is 11.9. The second-order valence-corrected chi connectivity index (χ2v) is 5.92. The monoisotopic (exact) mass is 330 g/mol. The quantitative estimate of drug-likeness (QED) is 0.792. The first kappa shape index (κ1) is 15.8. The lowest BCUT2D eigenvalue weighted by molar-refractivity contribution is -0.162. The minimum atomic E-state index is -0.716. The Morgan fingerprint density at radius 3 is 2.47 bits per heavy atom. The van der Waals surface area contributed by atoms with Crippen molar-refractivity contribution in [2.24, 2.45) is 0 Å². The largest absolute Gasteiger partial charge is 0.493 e. The van der Waals surface area contributed by atoms with E-state index in [-0.39, 0.29) is 0 Å². The molecule has 1 aromatic carbocycles. The molecule has 1 rings (SSSR count). The van der Waals surface area contributed by atoms with E-state index in [1.807, 2.05) is 32.9 Å². The van der Waals surface area contributed by atoms with Crippen LogP contribution >= 0.6 is 15.9 Å². The Bertz CT molecular complexity index is 451. The highest BCUT2D eigenvalue weighted by Gasteiger charge is 2.24. The molecule has 0 aliphatic rings. The Kier molecular flexibility index (Phi) is 5.23. The van der Waals surface area contributed by atoms with Crippen molar-refractivity contribution in [1.82, 2.24) is 0 Å². The van der Waals surface area contributed by atoms with E-state index in [0.29, 0.717) is 11.5 Å². The summed E-state index contributed by atoms with van der Waals surface area (Å²) in [5.74, 6) is 0.637. The minimum Gasteiger partial charge on any atom is -0.493 e. The Hall–Kier alpha value is -1.23. The van der Waals surface area contributed by atoms with E-state index in [9.17, 15) is 4.79 Å². The molecule has 106 valence electrons. The molecule has 0 aliphatic carbocycles. The van der Waals surface area contributed by atoms with E-state index >= 15 is 0 Å². The van der Waals surface area contributed by atoms with Crippen LogP contribution in [0.15, 0.2) is 22.7 Å². The van der Waals surface area contributed by atoms with Crippen molar-refractivity contribution in [3.63, 3.8) is 0 Å². The van der Waals surface area contributed by atoms with Gasteiger partial charge in [0.2, 0.25) is 0 Å². The Morgan fingerprint density at radius 1 is 1.32 bits per heavy atom. The highest BCUT2D eigenvalue weighted by molar-refractivity contribution is 9.10. The lowest BCUT2D eigenvalue weighted by Gasteiger charge is -2.23. The van der Waals surface area contributed by atoms with Crippen LogP contribution in [0.3, 0.4) is 0 Å². The van der Waals surface area contributed by atoms with Crippen LogP contribution < -0.4 is 9.47 Å². The van der Waals surface area contributed by atoms with Crippen LogP contribution in [0.5, 0.6) is 11.5 Å². The van der Waals surface area contributed by atoms with Crippen LogP contribution in [0.25, 0.3) is 0 Å². The molecule has 0 aliphatic heterocycles. The van der Waals surface area contributed by atoms with Crippen LogP contribution in [-0.2, 0) is 9.53 Å². The first-order chi connectivity index (χ1) is 8.74. The number of ether oxygens (including phenoxy) is 3. The van der Waals surface area contributed by atoms with Gasteiger partial charge in [-0.3, -0.25) is 0 Å². The molecule has 4 nitrogen and oxygen atoms in total. The number of rotatable bonds is 4. The van der Waals surface area contributed by atoms with Gasteiger partial charge in [-0.25, -0.2) is 4.79 Å². The summed E-state index contributed by atoms with van der Waals surface area (Å²) in [6, 6.07) is 5.41. The third-order valence-corrected chi connectivity index (χ3v) is 2.81. The fraction of sp³-hybridized carbons (Fsp3) is 0.500. The van der Waals surface area contributed by atoms with Crippen LogP contribution in [0.1, 0.15) is 27.7 Å². The van der Waals surface area contributed by atoms with E-state index in [2.05, 4.69) is 15.9 Å². The second kappa shape index (κ2) is 6.28. The van der Waals surface area contributed by atoms with Gasteiger partial charge in [0, 0.05) is 0 Å². The fourth-order valence-electron chi connectivity index (χ4n) is 1.37. The molecule has 5 heteroatoms. The normalized spacial score (nSPS) is 12.7. The Labute approximate surface area is 122 Å². The molecule has 0 radical (unpaired) electrons. The van der Waals surface area contributed by atoms with Gasteiger partial charge in [-0.05, 0) is 55.8 Å². The average Bonchev–Trinajstić information content (AvgIpc) is 2.29. The second-order valence-electron chi connectivity index (χ2n) is 5.06. The zero-order valence-corrected chi connectivity index (χ0v) is 13.4. The fourth-order valence-corrected chi connectivity index (χ4v) is 1.82. The van der Waals surface area contributed by atoms with Crippen molar-refractivity contribution >= 4 is 21.9 Å². The summed E-state index contributed by atoms with van der Waals surface area (Å²) in [5.41, 5.74) is -0.535. The van der Waals surface area contributed by atoms with Gasteiger partial charge in [-0.2, -0.15) is 0 Å². The maximum Gasteiger partial charge on any atom is 0.347 e. The predicted octanol–water partition coefficient (Wildman–Crippen LogP) is 3.57. The molecule has 0 saturated heterocycles. The van der Waals surface area contributed by atoms with Gasteiger partial charge < -0.3 is 14.2 Å². The van der Waals surface area contributed by atoms with Gasteiger partial charge in [0.15, 0.2) is 17.6 Å². The molecule has 19 heavy (non-hydrogen) atoms. The van der Waals surface area contributed by atoms with Crippen molar-refractivity contribution in [2.45, 2.75) is 39.4 Å². The van der Waals surface area contributed by atoms with Crippen LogP contribution in [0, 0.1) is 0 Å². The average molecular weight is 331 g/mol. The predicted molar refractivity (Wildman–Crippen MR) is 76.6 cm³/mol. The standard InChI is InChI=1S/C14H19BrO4/c1-9(13(16)19-14(2,3)4)18-12-10(15)7-6-8-11(12)17-5/h6-9H,1-5H3. The number of benzene rings is 1.